The maximum atomic E-state index is 13.4. The van der Waals surface area contributed by atoms with Gasteiger partial charge in [0.1, 0.15) is 11.4 Å². The number of nitrogens with one attached hydrogen (secondary N) is 1. The molecule has 1 saturated carbocycles. The zero-order valence-electron chi connectivity index (χ0n) is 19.8. The molecule has 0 spiro atoms. The number of anilines is 2. The molecule has 1 aliphatic carbocycles. The molecule has 1 N–H and O–H groups in total. The lowest BCUT2D eigenvalue weighted by Crippen LogP contribution is -2.43. The van der Waals surface area contributed by atoms with Crippen molar-refractivity contribution in [3.05, 3.63) is 53.7 Å². The van der Waals surface area contributed by atoms with Crippen molar-refractivity contribution in [2.75, 3.05) is 10.2 Å². The molecule has 3 amide bonds. The van der Waals surface area contributed by atoms with Crippen LogP contribution in [0.3, 0.4) is 0 Å². The molecule has 1 aromatic carbocycles. The molecule has 33 heavy (non-hydrogen) atoms. The first-order valence-electron chi connectivity index (χ1n) is 11.6. The average molecular weight is 446 g/mol. The first-order valence-corrected chi connectivity index (χ1v) is 11.6. The summed E-state index contributed by atoms with van der Waals surface area (Å²) in [6.45, 7) is 7.93. The predicted octanol–water partition coefficient (Wildman–Crippen LogP) is 4.98. The topological polar surface area (TPSA) is 89.3 Å². The Labute approximate surface area is 195 Å². The fraction of sp³-hybridized carbons (Fsp3) is 0.462. The molecule has 0 atom stereocenters. The normalized spacial score (nSPS) is 19.3. The van der Waals surface area contributed by atoms with Gasteiger partial charge in [0.2, 0.25) is 0 Å². The zero-order chi connectivity index (χ0) is 23.8. The molecule has 0 unspecified atom stereocenters. The van der Waals surface area contributed by atoms with Crippen LogP contribution in [0, 0.1) is 11.3 Å². The number of hydrogen-bond acceptors (Lipinski definition) is 5. The maximum Gasteiger partial charge on any atom is 0.332 e. The largest absolute Gasteiger partial charge is 0.368 e. The summed E-state index contributed by atoms with van der Waals surface area (Å²) in [5.41, 5.74) is 0.961. The molecule has 2 fully saturated rings. The number of urea groups is 1. The highest BCUT2D eigenvalue weighted by Gasteiger charge is 2.51. The number of rotatable bonds is 6. The highest BCUT2D eigenvalue weighted by molar-refractivity contribution is 6.22. The summed E-state index contributed by atoms with van der Waals surface area (Å²) in [7, 11) is 0. The van der Waals surface area contributed by atoms with Crippen LogP contribution in [0.2, 0.25) is 0 Å². The Morgan fingerprint density at radius 1 is 1.12 bits per heavy atom. The van der Waals surface area contributed by atoms with Crippen LogP contribution in [-0.2, 0) is 16.8 Å². The molecule has 1 saturated heterocycles. The molecule has 0 radical (unpaired) electrons. The van der Waals surface area contributed by atoms with Crippen LogP contribution < -0.4 is 10.2 Å². The molecule has 7 nitrogen and oxygen atoms in total. The number of carbonyl (C=O) groups is 2. The second-order valence-electron chi connectivity index (χ2n) is 9.86. The standard InChI is InChI=1S/C26H31N5O2/c1-18(2)29-22-15-19(11-14-28-22)16-30-24(33)31(23(32)25(30,3)4)21-9-7-20(8-10-21)26(17-27)12-5-6-13-26/h7-11,14-15,18H,5-6,12-13,16H2,1-4H3,(H,28,29). The Morgan fingerprint density at radius 3 is 2.39 bits per heavy atom. The zero-order valence-corrected chi connectivity index (χ0v) is 19.8. The average Bonchev–Trinajstić information content (AvgIpc) is 3.33. The number of pyridine rings is 1. The van der Waals surface area contributed by atoms with Crippen molar-refractivity contribution in [3.8, 4) is 6.07 Å². The number of aromatic nitrogens is 1. The maximum absolute atomic E-state index is 13.4. The monoisotopic (exact) mass is 445 g/mol. The summed E-state index contributed by atoms with van der Waals surface area (Å²) >= 11 is 0. The van der Waals surface area contributed by atoms with Crippen molar-refractivity contribution < 1.29 is 9.59 Å². The summed E-state index contributed by atoms with van der Waals surface area (Å²) in [5, 5.41) is 13.0. The fourth-order valence-corrected chi connectivity index (χ4v) is 4.83. The SMILES string of the molecule is CC(C)Nc1cc(CN2C(=O)N(c3ccc(C4(C#N)CCCC4)cc3)C(=O)C2(C)C)ccn1. The molecule has 1 aliphatic heterocycles. The molecule has 7 heteroatoms. The van der Waals surface area contributed by atoms with Gasteiger partial charge >= 0.3 is 6.03 Å². The van der Waals surface area contributed by atoms with E-state index in [-0.39, 0.29) is 18.0 Å². The highest BCUT2D eigenvalue weighted by atomic mass is 16.2. The number of carbonyl (C=O) groups excluding carboxylic acids is 2. The number of amides is 3. The van der Waals surface area contributed by atoms with Gasteiger partial charge in [-0.05, 0) is 75.9 Å². The number of nitrogens with zero attached hydrogens (tertiary/aromatic N) is 4. The third kappa shape index (κ3) is 4.06. The molecule has 172 valence electrons. The lowest BCUT2D eigenvalue weighted by molar-refractivity contribution is -0.123. The number of imide groups is 1. The first kappa shape index (κ1) is 22.8. The Bertz CT molecular complexity index is 1090. The second-order valence-corrected chi connectivity index (χ2v) is 9.86. The molecule has 4 rings (SSSR count). The summed E-state index contributed by atoms with van der Waals surface area (Å²) < 4.78 is 0. The van der Waals surface area contributed by atoms with Gasteiger partial charge in [0, 0.05) is 18.8 Å². The Balaban J connectivity index is 1.58. The highest BCUT2D eigenvalue weighted by Crippen LogP contribution is 2.41. The van der Waals surface area contributed by atoms with E-state index in [0.717, 1.165) is 42.6 Å². The summed E-state index contributed by atoms with van der Waals surface area (Å²) in [6.07, 6.45) is 5.51. The minimum Gasteiger partial charge on any atom is -0.368 e. The van der Waals surface area contributed by atoms with Crippen molar-refractivity contribution in [1.29, 1.82) is 5.26 Å². The van der Waals surface area contributed by atoms with E-state index in [0.29, 0.717) is 12.2 Å². The Kier molecular flexibility index (Phi) is 5.87. The second kappa shape index (κ2) is 8.51. The number of nitriles is 1. The van der Waals surface area contributed by atoms with Gasteiger partial charge in [0.05, 0.1) is 17.2 Å². The van der Waals surface area contributed by atoms with Crippen molar-refractivity contribution in [2.24, 2.45) is 0 Å². The number of hydrogen-bond donors (Lipinski definition) is 1. The lowest BCUT2D eigenvalue weighted by Gasteiger charge is -2.27. The van der Waals surface area contributed by atoms with Crippen LogP contribution in [0.5, 0.6) is 0 Å². The lowest BCUT2D eigenvalue weighted by atomic mass is 9.80. The van der Waals surface area contributed by atoms with E-state index in [1.807, 2.05) is 38.1 Å². The van der Waals surface area contributed by atoms with E-state index >= 15 is 0 Å². The predicted molar refractivity (Wildman–Crippen MR) is 128 cm³/mol. The van der Waals surface area contributed by atoms with E-state index in [2.05, 4.69) is 16.4 Å². The van der Waals surface area contributed by atoms with Crippen LogP contribution in [0.1, 0.15) is 64.5 Å². The molecule has 0 bridgehead atoms. The Hall–Kier alpha value is -3.40. The third-order valence-corrected chi connectivity index (χ3v) is 6.77. The van der Waals surface area contributed by atoms with Crippen molar-refractivity contribution in [3.63, 3.8) is 0 Å². The van der Waals surface area contributed by atoms with Gasteiger partial charge in [-0.15, -0.1) is 0 Å². The third-order valence-electron chi connectivity index (χ3n) is 6.77. The van der Waals surface area contributed by atoms with Crippen LogP contribution >= 0.6 is 0 Å². The Morgan fingerprint density at radius 2 is 1.79 bits per heavy atom. The van der Waals surface area contributed by atoms with Gasteiger partial charge in [0.15, 0.2) is 0 Å². The van der Waals surface area contributed by atoms with Gasteiger partial charge in [0.25, 0.3) is 5.91 Å². The quantitative estimate of drug-likeness (QED) is 0.633. The van der Waals surface area contributed by atoms with Crippen LogP contribution in [0.15, 0.2) is 42.6 Å². The van der Waals surface area contributed by atoms with E-state index in [1.165, 1.54) is 4.90 Å². The minimum atomic E-state index is -0.982. The number of benzene rings is 1. The van der Waals surface area contributed by atoms with E-state index in [1.54, 1.807) is 37.1 Å². The van der Waals surface area contributed by atoms with E-state index in [9.17, 15) is 14.9 Å². The van der Waals surface area contributed by atoms with Crippen molar-refractivity contribution >= 4 is 23.4 Å². The fourth-order valence-electron chi connectivity index (χ4n) is 4.83. The van der Waals surface area contributed by atoms with Crippen LogP contribution in [-0.4, -0.2) is 33.4 Å². The van der Waals surface area contributed by atoms with Gasteiger partial charge in [-0.1, -0.05) is 25.0 Å². The molecular weight excluding hydrogens is 414 g/mol. The van der Waals surface area contributed by atoms with Gasteiger partial charge in [-0.3, -0.25) is 4.79 Å². The summed E-state index contributed by atoms with van der Waals surface area (Å²) in [6, 6.07) is 13.5. The summed E-state index contributed by atoms with van der Waals surface area (Å²) in [4.78, 5) is 33.9. The first-order chi connectivity index (χ1) is 15.7. The minimum absolute atomic E-state index is 0.238. The van der Waals surface area contributed by atoms with Gasteiger partial charge < -0.3 is 10.2 Å². The molecule has 2 heterocycles. The van der Waals surface area contributed by atoms with Crippen LogP contribution in [0.25, 0.3) is 0 Å². The van der Waals surface area contributed by atoms with Crippen molar-refractivity contribution in [2.45, 2.75) is 76.9 Å². The van der Waals surface area contributed by atoms with E-state index in [4.69, 9.17) is 0 Å². The smallest absolute Gasteiger partial charge is 0.332 e. The van der Waals surface area contributed by atoms with E-state index < -0.39 is 11.0 Å². The molecular formula is C26H31N5O2. The van der Waals surface area contributed by atoms with Crippen molar-refractivity contribution in [1.82, 2.24) is 9.88 Å². The van der Waals surface area contributed by atoms with Crippen LogP contribution in [0.4, 0.5) is 16.3 Å². The van der Waals surface area contributed by atoms with Gasteiger partial charge in [-0.2, -0.15) is 5.26 Å². The summed E-state index contributed by atoms with van der Waals surface area (Å²) in [5.74, 6) is 0.481. The van der Waals surface area contributed by atoms with Gasteiger partial charge in [-0.25, -0.2) is 14.7 Å². The molecule has 1 aromatic heterocycles. The molecule has 2 aliphatic rings. The molecule has 2 aromatic rings.